The van der Waals surface area contributed by atoms with E-state index in [9.17, 15) is 4.79 Å². The summed E-state index contributed by atoms with van der Waals surface area (Å²) in [4.78, 5) is 16.1. The average molecular weight is 403 g/mol. The summed E-state index contributed by atoms with van der Waals surface area (Å²) in [6, 6.07) is 11.8. The zero-order chi connectivity index (χ0) is 19.8. The van der Waals surface area contributed by atoms with Crippen molar-refractivity contribution >= 4 is 17.2 Å². The first-order valence-corrected chi connectivity index (χ1v) is 10.9. The lowest BCUT2D eigenvalue weighted by Gasteiger charge is -2.36. The van der Waals surface area contributed by atoms with Crippen LogP contribution >= 0.6 is 11.3 Å². The number of thiophene rings is 1. The Balaban J connectivity index is 1.49. The van der Waals surface area contributed by atoms with Crippen molar-refractivity contribution in [2.75, 3.05) is 32.8 Å². The lowest BCUT2D eigenvalue weighted by molar-refractivity contribution is -0.123. The first kappa shape index (κ1) is 20.7. The zero-order valence-corrected chi connectivity index (χ0v) is 17.5. The van der Waals surface area contributed by atoms with Crippen LogP contribution in [-0.2, 0) is 4.79 Å². The maximum Gasteiger partial charge on any atom is 0.258 e. The quantitative estimate of drug-likeness (QED) is 0.686. The summed E-state index contributed by atoms with van der Waals surface area (Å²) in [5.74, 6) is 2.16. The number of likely N-dealkylation sites (tertiary alicyclic amines) is 1. The van der Waals surface area contributed by atoms with Crippen molar-refractivity contribution in [1.29, 1.82) is 0 Å². The number of amides is 1. The number of nitrogens with one attached hydrogen (secondary N) is 1. The minimum Gasteiger partial charge on any atom is -0.494 e. The molecule has 1 aromatic carbocycles. The van der Waals surface area contributed by atoms with Crippen molar-refractivity contribution in [2.45, 2.75) is 32.7 Å². The molecule has 28 heavy (non-hydrogen) atoms. The molecule has 1 unspecified atom stereocenters. The second-order valence-electron chi connectivity index (χ2n) is 7.25. The third-order valence-corrected chi connectivity index (χ3v) is 6.10. The summed E-state index contributed by atoms with van der Waals surface area (Å²) in [7, 11) is 0. The standard InChI is InChI=1S/C22H30N2O3S/c1-3-26-18-6-8-19(9-7-18)27-16-22(25)23-15-20(21-5-4-14-28-21)24-12-10-17(2)11-13-24/h4-9,14,17,20H,3,10-13,15-16H2,1-2H3,(H,23,25). The Morgan fingerprint density at radius 1 is 1.18 bits per heavy atom. The van der Waals surface area contributed by atoms with Crippen molar-refractivity contribution < 1.29 is 14.3 Å². The molecule has 1 aromatic heterocycles. The second-order valence-corrected chi connectivity index (χ2v) is 8.23. The van der Waals surface area contributed by atoms with Crippen LogP contribution in [0.25, 0.3) is 0 Å². The van der Waals surface area contributed by atoms with Crippen LogP contribution < -0.4 is 14.8 Å². The Labute approximate surface area is 171 Å². The predicted octanol–water partition coefficient (Wildman–Crippen LogP) is 4.12. The van der Waals surface area contributed by atoms with E-state index in [2.05, 4.69) is 34.7 Å². The molecule has 1 aliphatic rings. The predicted molar refractivity (Wildman–Crippen MR) is 113 cm³/mol. The van der Waals surface area contributed by atoms with Gasteiger partial charge >= 0.3 is 0 Å². The lowest BCUT2D eigenvalue weighted by Crippen LogP contribution is -2.42. The average Bonchev–Trinajstić information content (AvgIpc) is 3.24. The number of carbonyl (C=O) groups excluding carboxylic acids is 1. The van der Waals surface area contributed by atoms with E-state index in [-0.39, 0.29) is 18.6 Å². The summed E-state index contributed by atoms with van der Waals surface area (Å²) in [5, 5.41) is 5.16. The first-order chi connectivity index (χ1) is 13.7. The van der Waals surface area contributed by atoms with Crippen LogP contribution in [0.3, 0.4) is 0 Å². The van der Waals surface area contributed by atoms with Crippen LogP contribution in [0, 0.1) is 5.92 Å². The normalized spacial score (nSPS) is 16.5. The van der Waals surface area contributed by atoms with E-state index in [1.807, 2.05) is 31.2 Å². The largest absolute Gasteiger partial charge is 0.494 e. The maximum atomic E-state index is 12.3. The summed E-state index contributed by atoms with van der Waals surface area (Å²) in [6.45, 7) is 7.69. The number of carbonyl (C=O) groups is 1. The van der Waals surface area contributed by atoms with Gasteiger partial charge in [-0.1, -0.05) is 13.0 Å². The van der Waals surface area contributed by atoms with Gasteiger partial charge in [-0.15, -0.1) is 11.3 Å². The number of hydrogen-bond donors (Lipinski definition) is 1. The van der Waals surface area contributed by atoms with E-state index in [1.165, 1.54) is 17.7 Å². The number of nitrogens with zero attached hydrogens (tertiary/aromatic N) is 1. The molecule has 0 aliphatic carbocycles. The molecule has 0 radical (unpaired) electrons. The van der Waals surface area contributed by atoms with Gasteiger partial charge in [0.15, 0.2) is 6.61 Å². The van der Waals surface area contributed by atoms with Gasteiger partial charge in [-0.25, -0.2) is 0 Å². The Bertz CT molecular complexity index is 710. The van der Waals surface area contributed by atoms with Gasteiger partial charge in [-0.2, -0.15) is 0 Å². The summed E-state index contributed by atoms with van der Waals surface area (Å²) < 4.78 is 11.0. The molecule has 1 amide bonds. The third-order valence-electron chi connectivity index (χ3n) is 5.13. The molecule has 0 bridgehead atoms. The Hall–Kier alpha value is -2.05. The van der Waals surface area contributed by atoms with Crippen LogP contribution in [0.15, 0.2) is 41.8 Å². The van der Waals surface area contributed by atoms with Gasteiger partial charge in [-0.05, 0) is 74.5 Å². The fourth-order valence-corrected chi connectivity index (χ4v) is 4.30. The van der Waals surface area contributed by atoms with Crippen LogP contribution in [0.5, 0.6) is 11.5 Å². The molecule has 0 saturated carbocycles. The lowest BCUT2D eigenvalue weighted by atomic mass is 9.97. The fourth-order valence-electron chi connectivity index (χ4n) is 3.44. The number of rotatable bonds is 9. The zero-order valence-electron chi connectivity index (χ0n) is 16.7. The smallest absolute Gasteiger partial charge is 0.258 e. The van der Waals surface area contributed by atoms with Gasteiger partial charge in [0.25, 0.3) is 5.91 Å². The molecule has 1 fully saturated rings. The summed E-state index contributed by atoms with van der Waals surface area (Å²) in [6.07, 6.45) is 2.44. The van der Waals surface area contributed by atoms with Crippen molar-refractivity contribution in [1.82, 2.24) is 10.2 Å². The molecule has 6 heteroatoms. The van der Waals surface area contributed by atoms with Gasteiger partial charge in [0.05, 0.1) is 12.6 Å². The van der Waals surface area contributed by atoms with Gasteiger partial charge in [0.1, 0.15) is 11.5 Å². The molecule has 2 heterocycles. The Morgan fingerprint density at radius 2 is 1.86 bits per heavy atom. The van der Waals surface area contributed by atoms with Crippen molar-refractivity contribution in [3.05, 3.63) is 46.7 Å². The molecule has 0 spiro atoms. The van der Waals surface area contributed by atoms with E-state index in [4.69, 9.17) is 9.47 Å². The summed E-state index contributed by atoms with van der Waals surface area (Å²) in [5.41, 5.74) is 0. The molecule has 152 valence electrons. The SMILES string of the molecule is CCOc1ccc(OCC(=O)NCC(c2cccs2)N2CCC(C)CC2)cc1. The van der Waals surface area contributed by atoms with Crippen LogP contribution in [0.2, 0.25) is 0 Å². The Morgan fingerprint density at radius 3 is 2.46 bits per heavy atom. The van der Waals surface area contributed by atoms with Crippen LogP contribution in [0.1, 0.15) is 37.6 Å². The Kier molecular flexibility index (Phi) is 7.74. The molecule has 1 N–H and O–H groups in total. The highest BCUT2D eigenvalue weighted by atomic mass is 32.1. The van der Waals surface area contributed by atoms with Crippen molar-refractivity contribution in [3.63, 3.8) is 0 Å². The van der Waals surface area contributed by atoms with E-state index >= 15 is 0 Å². The number of hydrogen-bond acceptors (Lipinski definition) is 5. The van der Waals surface area contributed by atoms with Gasteiger partial charge in [0, 0.05) is 11.4 Å². The highest BCUT2D eigenvalue weighted by Gasteiger charge is 2.25. The van der Waals surface area contributed by atoms with E-state index < -0.39 is 0 Å². The monoisotopic (exact) mass is 402 g/mol. The molecule has 1 saturated heterocycles. The maximum absolute atomic E-state index is 12.3. The molecule has 1 atom stereocenters. The fraction of sp³-hybridized carbons (Fsp3) is 0.500. The summed E-state index contributed by atoms with van der Waals surface area (Å²) >= 11 is 1.76. The molecular weight excluding hydrogens is 372 g/mol. The molecule has 2 aromatic rings. The van der Waals surface area contributed by atoms with Crippen LogP contribution in [-0.4, -0.2) is 43.7 Å². The first-order valence-electron chi connectivity index (χ1n) is 10.1. The van der Waals surface area contributed by atoms with Crippen LogP contribution in [0.4, 0.5) is 0 Å². The van der Waals surface area contributed by atoms with Gasteiger partial charge in [-0.3, -0.25) is 9.69 Å². The minimum atomic E-state index is -0.0965. The van der Waals surface area contributed by atoms with Crippen molar-refractivity contribution in [2.24, 2.45) is 5.92 Å². The van der Waals surface area contributed by atoms with Gasteiger partial charge < -0.3 is 14.8 Å². The van der Waals surface area contributed by atoms with Gasteiger partial charge in [0.2, 0.25) is 0 Å². The van der Waals surface area contributed by atoms with E-state index in [1.54, 1.807) is 11.3 Å². The number of ether oxygens (including phenoxy) is 2. The number of piperidine rings is 1. The number of benzene rings is 1. The topological polar surface area (TPSA) is 50.8 Å². The molecular formula is C22H30N2O3S. The third kappa shape index (κ3) is 5.97. The minimum absolute atomic E-state index is 0.0160. The van der Waals surface area contributed by atoms with E-state index in [0.717, 1.165) is 24.8 Å². The highest BCUT2D eigenvalue weighted by Crippen LogP contribution is 2.29. The molecule has 5 nitrogen and oxygen atoms in total. The van der Waals surface area contributed by atoms with E-state index in [0.29, 0.717) is 18.9 Å². The van der Waals surface area contributed by atoms with Crippen molar-refractivity contribution in [3.8, 4) is 11.5 Å². The molecule has 3 rings (SSSR count). The highest BCUT2D eigenvalue weighted by molar-refractivity contribution is 7.10. The second kappa shape index (κ2) is 10.5. The molecule has 1 aliphatic heterocycles.